The van der Waals surface area contributed by atoms with Crippen molar-refractivity contribution in [1.82, 2.24) is 15.6 Å². The van der Waals surface area contributed by atoms with E-state index in [1.54, 1.807) is 19.2 Å². The number of hydrogen-bond donors (Lipinski definition) is 2. The van der Waals surface area contributed by atoms with Crippen LogP contribution in [0.2, 0.25) is 0 Å². The van der Waals surface area contributed by atoms with Crippen molar-refractivity contribution in [3.63, 3.8) is 0 Å². The summed E-state index contributed by atoms with van der Waals surface area (Å²) in [6, 6.07) is 5.33. The Labute approximate surface area is 152 Å². The zero-order valence-corrected chi connectivity index (χ0v) is 15.7. The summed E-state index contributed by atoms with van der Waals surface area (Å²) < 4.78 is 15.5. The Morgan fingerprint density at radius 3 is 2.54 bits per heavy atom. The fraction of sp³-hybridized carbons (Fsp3) is 0.389. The molecule has 0 radical (unpaired) electrons. The fourth-order valence-corrected chi connectivity index (χ4v) is 2.32. The number of ether oxygens (including phenoxy) is 2. The highest BCUT2D eigenvalue weighted by Gasteiger charge is 2.13. The normalized spacial score (nSPS) is 11.2. The van der Waals surface area contributed by atoms with E-state index >= 15 is 0 Å². The van der Waals surface area contributed by atoms with Gasteiger partial charge in [-0.05, 0) is 31.5 Å². The highest BCUT2D eigenvalue weighted by molar-refractivity contribution is 5.92. The van der Waals surface area contributed by atoms with Crippen molar-refractivity contribution in [2.24, 2.45) is 4.99 Å². The van der Waals surface area contributed by atoms with Gasteiger partial charge in [0.2, 0.25) is 5.89 Å². The van der Waals surface area contributed by atoms with Crippen molar-refractivity contribution in [2.75, 3.05) is 21.3 Å². The van der Waals surface area contributed by atoms with Gasteiger partial charge < -0.3 is 24.5 Å². The maximum atomic E-state index is 11.9. The molecule has 0 fully saturated rings. The van der Waals surface area contributed by atoms with E-state index < -0.39 is 5.97 Å². The Hall–Kier alpha value is -3.03. The quantitative estimate of drug-likeness (QED) is 0.461. The molecule has 0 aliphatic rings. The van der Waals surface area contributed by atoms with Crippen LogP contribution < -0.4 is 15.4 Å². The molecule has 2 N–H and O–H groups in total. The molecule has 0 saturated heterocycles. The van der Waals surface area contributed by atoms with Crippen LogP contribution in [0.15, 0.2) is 27.6 Å². The first-order valence-corrected chi connectivity index (χ1v) is 8.11. The number of benzene rings is 1. The second-order valence-corrected chi connectivity index (χ2v) is 5.55. The molecular weight excluding hydrogens is 336 g/mol. The molecule has 0 aliphatic heterocycles. The predicted octanol–water partition coefficient (Wildman–Crippen LogP) is 1.95. The highest BCUT2D eigenvalue weighted by atomic mass is 16.5. The van der Waals surface area contributed by atoms with Crippen LogP contribution in [-0.2, 0) is 17.8 Å². The number of carbonyl (C=O) groups excluding carboxylic acids is 1. The molecule has 8 heteroatoms. The van der Waals surface area contributed by atoms with Crippen LogP contribution in [-0.4, -0.2) is 38.2 Å². The summed E-state index contributed by atoms with van der Waals surface area (Å²) in [5, 5.41) is 6.31. The molecular formula is C18H24N4O4. The van der Waals surface area contributed by atoms with Crippen molar-refractivity contribution < 1.29 is 18.7 Å². The lowest BCUT2D eigenvalue weighted by atomic mass is 10.1. The summed E-state index contributed by atoms with van der Waals surface area (Å²) in [6.45, 7) is 4.67. The van der Waals surface area contributed by atoms with E-state index in [1.165, 1.54) is 14.2 Å². The predicted molar refractivity (Wildman–Crippen MR) is 97.3 cm³/mol. The van der Waals surface area contributed by atoms with Crippen molar-refractivity contribution >= 4 is 11.9 Å². The van der Waals surface area contributed by atoms with Gasteiger partial charge in [-0.25, -0.2) is 9.78 Å². The molecule has 140 valence electrons. The lowest BCUT2D eigenvalue weighted by molar-refractivity contribution is 0.0597. The van der Waals surface area contributed by atoms with Crippen molar-refractivity contribution in [1.29, 1.82) is 0 Å². The molecule has 26 heavy (non-hydrogen) atoms. The maximum Gasteiger partial charge on any atom is 0.341 e. The number of nitrogens with one attached hydrogen (secondary N) is 2. The van der Waals surface area contributed by atoms with Gasteiger partial charge in [0, 0.05) is 13.6 Å². The third kappa shape index (κ3) is 4.75. The van der Waals surface area contributed by atoms with Gasteiger partial charge in [-0.15, -0.1) is 0 Å². The Bertz CT molecular complexity index is 779. The lowest BCUT2D eigenvalue weighted by Crippen LogP contribution is -2.36. The lowest BCUT2D eigenvalue weighted by Gasteiger charge is -2.12. The average Bonchev–Trinajstić information content (AvgIpc) is 2.98. The van der Waals surface area contributed by atoms with E-state index in [4.69, 9.17) is 13.9 Å². The number of methoxy groups -OCH3 is 2. The van der Waals surface area contributed by atoms with E-state index in [-0.39, 0.29) is 0 Å². The zero-order valence-electron chi connectivity index (χ0n) is 15.7. The summed E-state index contributed by atoms with van der Waals surface area (Å²) >= 11 is 0. The van der Waals surface area contributed by atoms with E-state index in [2.05, 4.69) is 20.6 Å². The molecule has 0 spiro atoms. The summed E-state index contributed by atoms with van der Waals surface area (Å²) in [5.41, 5.74) is 2.14. The Morgan fingerprint density at radius 1 is 1.23 bits per heavy atom. The summed E-state index contributed by atoms with van der Waals surface area (Å²) in [7, 11) is 4.53. The number of guanidine groups is 1. The number of nitrogens with zero attached hydrogens (tertiary/aromatic N) is 2. The second kappa shape index (κ2) is 8.89. The van der Waals surface area contributed by atoms with E-state index in [0.29, 0.717) is 36.3 Å². The Morgan fingerprint density at radius 2 is 1.96 bits per heavy atom. The van der Waals surface area contributed by atoms with Crippen LogP contribution >= 0.6 is 0 Å². The largest absolute Gasteiger partial charge is 0.496 e. The Balaban J connectivity index is 1.98. The topological polar surface area (TPSA) is 98.0 Å². The van der Waals surface area contributed by atoms with Crippen molar-refractivity contribution in [2.45, 2.75) is 26.9 Å². The van der Waals surface area contributed by atoms with E-state index in [9.17, 15) is 4.79 Å². The number of esters is 1. The van der Waals surface area contributed by atoms with E-state index in [1.807, 2.05) is 19.9 Å². The fourth-order valence-electron chi connectivity index (χ4n) is 2.32. The minimum Gasteiger partial charge on any atom is -0.496 e. The molecule has 0 bridgehead atoms. The van der Waals surface area contributed by atoms with Gasteiger partial charge in [0.1, 0.15) is 17.1 Å². The Kier molecular flexibility index (Phi) is 6.60. The molecule has 1 heterocycles. The van der Waals surface area contributed by atoms with Crippen LogP contribution in [0.3, 0.4) is 0 Å². The van der Waals surface area contributed by atoms with Crippen LogP contribution in [0, 0.1) is 13.8 Å². The van der Waals surface area contributed by atoms with Crippen molar-refractivity contribution in [3.05, 3.63) is 46.7 Å². The molecule has 2 aromatic rings. The van der Waals surface area contributed by atoms with Crippen molar-refractivity contribution in [3.8, 4) is 5.75 Å². The molecule has 0 amide bonds. The summed E-state index contributed by atoms with van der Waals surface area (Å²) in [4.78, 5) is 20.3. The molecule has 0 atom stereocenters. The first-order chi connectivity index (χ1) is 12.5. The number of carbonyl (C=O) groups is 1. The standard InChI is InChI=1S/C18H24N4O4/c1-11-12(2)26-16(22-11)10-21-18(19-3)20-9-13-6-7-15(24-4)14(8-13)17(23)25-5/h6-8H,9-10H2,1-5H3,(H2,19,20,21). The molecule has 2 rings (SSSR count). The molecule has 8 nitrogen and oxygen atoms in total. The smallest absolute Gasteiger partial charge is 0.341 e. The SMILES string of the molecule is CN=C(NCc1ccc(OC)c(C(=O)OC)c1)NCc1nc(C)c(C)o1. The van der Waals surface area contributed by atoms with Crippen LogP contribution in [0.4, 0.5) is 0 Å². The third-order valence-corrected chi connectivity index (χ3v) is 3.83. The number of hydrogen-bond acceptors (Lipinski definition) is 6. The van der Waals surface area contributed by atoms with Crippen LogP contribution in [0.25, 0.3) is 0 Å². The molecule has 1 aromatic carbocycles. The van der Waals surface area contributed by atoms with Gasteiger partial charge in [-0.2, -0.15) is 0 Å². The molecule has 0 aliphatic carbocycles. The third-order valence-electron chi connectivity index (χ3n) is 3.83. The first-order valence-electron chi connectivity index (χ1n) is 8.11. The van der Waals surface area contributed by atoms with Gasteiger partial charge in [0.25, 0.3) is 0 Å². The van der Waals surface area contributed by atoms with E-state index in [0.717, 1.165) is 17.0 Å². The van der Waals surface area contributed by atoms with Gasteiger partial charge in [0.05, 0.1) is 26.5 Å². The molecule has 1 aromatic heterocycles. The van der Waals surface area contributed by atoms with Gasteiger partial charge >= 0.3 is 5.97 Å². The minimum atomic E-state index is -0.444. The first kappa shape index (κ1) is 19.3. The van der Waals surface area contributed by atoms with Gasteiger partial charge in [-0.3, -0.25) is 4.99 Å². The zero-order chi connectivity index (χ0) is 19.1. The average molecular weight is 360 g/mol. The number of aryl methyl sites for hydroxylation is 2. The number of aromatic nitrogens is 1. The number of rotatable bonds is 6. The highest BCUT2D eigenvalue weighted by Crippen LogP contribution is 2.20. The number of aliphatic imine (C=N–C) groups is 1. The summed E-state index contributed by atoms with van der Waals surface area (Å²) in [5.74, 6) is 2.02. The minimum absolute atomic E-state index is 0.378. The monoisotopic (exact) mass is 360 g/mol. The number of oxazole rings is 1. The second-order valence-electron chi connectivity index (χ2n) is 5.55. The van der Waals surface area contributed by atoms with Gasteiger partial charge in [-0.1, -0.05) is 6.07 Å². The molecule has 0 unspecified atom stereocenters. The van der Waals surface area contributed by atoms with Crippen LogP contribution in [0.1, 0.15) is 33.3 Å². The molecule has 0 saturated carbocycles. The van der Waals surface area contributed by atoms with Gasteiger partial charge in [0.15, 0.2) is 5.96 Å². The van der Waals surface area contributed by atoms with Crippen LogP contribution in [0.5, 0.6) is 5.75 Å². The maximum absolute atomic E-state index is 11.9. The summed E-state index contributed by atoms with van der Waals surface area (Å²) in [6.07, 6.45) is 0.